The third-order valence-corrected chi connectivity index (χ3v) is 5.50. The van der Waals surface area contributed by atoms with Gasteiger partial charge in [0, 0.05) is 21.3 Å². The Labute approximate surface area is 187 Å². The number of aryl methyl sites for hydroxylation is 1. The van der Waals surface area contributed by atoms with Crippen LogP contribution in [0.25, 0.3) is 5.57 Å². The normalized spacial score (nSPS) is 14.1. The Morgan fingerprint density at radius 2 is 1.70 bits per heavy atom. The van der Waals surface area contributed by atoms with Gasteiger partial charge in [-0.15, -0.1) is 0 Å². The Bertz CT molecular complexity index is 1190. The molecule has 0 fully saturated rings. The van der Waals surface area contributed by atoms with Crippen molar-refractivity contribution in [2.75, 3.05) is 5.32 Å². The van der Waals surface area contributed by atoms with Gasteiger partial charge in [-0.2, -0.15) is 0 Å². The van der Waals surface area contributed by atoms with Gasteiger partial charge >= 0.3 is 0 Å². The maximum absolute atomic E-state index is 13.3. The summed E-state index contributed by atoms with van der Waals surface area (Å²) in [5, 5.41) is 4.28. The lowest BCUT2D eigenvalue weighted by Gasteiger charge is -2.14. The second kappa shape index (κ2) is 8.19. The van der Waals surface area contributed by atoms with Gasteiger partial charge in [-0.05, 0) is 48.9 Å². The number of nitrogens with zero attached hydrogens (tertiary/aromatic N) is 1. The minimum absolute atomic E-state index is 0.000909. The van der Waals surface area contributed by atoms with E-state index in [0.717, 1.165) is 10.5 Å². The highest BCUT2D eigenvalue weighted by molar-refractivity contribution is 6.41. The zero-order chi connectivity index (χ0) is 21.4. The summed E-state index contributed by atoms with van der Waals surface area (Å²) < 4.78 is 5.31. The fourth-order valence-corrected chi connectivity index (χ4v) is 3.87. The minimum atomic E-state index is -0.489. The number of rotatable bonds is 5. The highest BCUT2D eigenvalue weighted by Crippen LogP contribution is 2.36. The number of hydrogen-bond donors (Lipinski definition) is 1. The van der Waals surface area contributed by atoms with Gasteiger partial charge in [0.05, 0.1) is 23.4 Å². The van der Waals surface area contributed by atoms with Gasteiger partial charge in [-0.1, -0.05) is 46.9 Å². The van der Waals surface area contributed by atoms with Crippen LogP contribution < -0.4 is 5.32 Å². The molecule has 0 saturated carbocycles. The predicted octanol–water partition coefficient (Wildman–Crippen LogP) is 5.94. The molecule has 5 nitrogen and oxygen atoms in total. The predicted molar refractivity (Wildman–Crippen MR) is 117 cm³/mol. The van der Waals surface area contributed by atoms with Crippen molar-refractivity contribution in [1.29, 1.82) is 0 Å². The first-order chi connectivity index (χ1) is 14.3. The van der Waals surface area contributed by atoms with Gasteiger partial charge in [0.25, 0.3) is 11.8 Å². The van der Waals surface area contributed by atoms with E-state index in [2.05, 4.69) is 5.32 Å². The molecule has 8 heteroatoms. The first kappa shape index (κ1) is 20.5. The molecule has 0 spiro atoms. The molecular formula is C22H15Cl3N2O3. The second-order valence-electron chi connectivity index (χ2n) is 6.73. The smallest absolute Gasteiger partial charge is 0.278 e. The topological polar surface area (TPSA) is 62.6 Å². The average Bonchev–Trinajstić information content (AvgIpc) is 3.29. The van der Waals surface area contributed by atoms with Crippen LogP contribution in [-0.4, -0.2) is 16.7 Å². The number of carbonyl (C=O) groups excluding carboxylic acids is 2. The molecule has 0 aliphatic carbocycles. The van der Waals surface area contributed by atoms with Gasteiger partial charge in [0.1, 0.15) is 11.5 Å². The third kappa shape index (κ3) is 3.84. The molecule has 1 N–H and O–H groups in total. The number of furan rings is 1. The number of imide groups is 1. The number of halogens is 3. The summed E-state index contributed by atoms with van der Waals surface area (Å²) in [7, 11) is 0. The van der Waals surface area contributed by atoms with Crippen LogP contribution in [0.15, 0.2) is 64.9 Å². The number of carbonyl (C=O) groups is 2. The van der Waals surface area contributed by atoms with Crippen molar-refractivity contribution in [2.24, 2.45) is 0 Å². The summed E-state index contributed by atoms with van der Waals surface area (Å²) in [4.78, 5) is 27.6. The molecule has 30 heavy (non-hydrogen) atoms. The maximum atomic E-state index is 13.3. The van der Waals surface area contributed by atoms with E-state index in [4.69, 9.17) is 39.2 Å². The Morgan fingerprint density at radius 1 is 0.967 bits per heavy atom. The number of anilines is 1. The van der Waals surface area contributed by atoms with E-state index in [1.54, 1.807) is 36.4 Å². The number of hydrogen-bond acceptors (Lipinski definition) is 4. The van der Waals surface area contributed by atoms with Crippen molar-refractivity contribution < 1.29 is 14.0 Å². The quantitative estimate of drug-likeness (QED) is 0.478. The van der Waals surface area contributed by atoms with Crippen molar-refractivity contribution in [1.82, 2.24) is 4.90 Å². The molecule has 0 unspecified atom stereocenters. The summed E-state index contributed by atoms with van der Waals surface area (Å²) in [5.74, 6) is -0.488. The van der Waals surface area contributed by atoms with Crippen molar-refractivity contribution in [3.8, 4) is 0 Å². The van der Waals surface area contributed by atoms with Gasteiger partial charge in [-0.3, -0.25) is 14.5 Å². The fourth-order valence-electron chi connectivity index (χ4n) is 3.20. The molecule has 4 rings (SSSR count). The molecule has 0 bridgehead atoms. The van der Waals surface area contributed by atoms with E-state index in [1.165, 1.54) is 12.3 Å². The van der Waals surface area contributed by atoms with Crippen LogP contribution in [0.5, 0.6) is 0 Å². The third-order valence-electron chi connectivity index (χ3n) is 4.72. The molecule has 1 aliphatic rings. The Balaban J connectivity index is 1.82. The summed E-state index contributed by atoms with van der Waals surface area (Å²) in [6, 6.07) is 13.4. The molecule has 1 aromatic heterocycles. The lowest BCUT2D eigenvalue weighted by Crippen LogP contribution is -2.31. The standard InChI is InChI=1S/C22H15Cl3N2O3/c1-12-4-5-14(24)10-18(12)26-20-19(16-7-6-13(23)9-17(16)25)21(28)27(22(20)29)11-15-3-2-8-30-15/h2-10,26H,11H2,1H3. The van der Waals surface area contributed by atoms with E-state index >= 15 is 0 Å². The molecule has 2 amide bonds. The molecular weight excluding hydrogens is 447 g/mol. The first-order valence-corrected chi connectivity index (χ1v) is 10.1. The van der Waals surface area contributed by atoms with E-state index < -0.39 is 11.8 Å². The lowest BCUT2D eigenvalue weighted by molar-refractivity contribution is -0.137. The van der Waals surface area contributed by atoms with Crippen molar-refractivity contribution >= 4 is 57.9 Å². The van der Waals surface area contributed by atoms with E-state index in [1.807, 2.05) is 13.0 Å². The van der Waals surface area contributed by atoms with Crippen molar-refractivity contribution in [2.45, 2.75) is 13.5 Å². The van der Waals surface area contributed by atoms with E-state index in [0.29, 0.717) is 27.1 Å². The minimum Gasteiger partial charge on any atom is -0.467 e. The summed E-state index contributed by atoms with van der Waals surface area (Å²) >= 11 is 18.5. The van der Waals surface area contributed by atoms with Crippen LogP contribution in [0, 0.1) is 6.92 Å². The Kier molecular flexibility index (Phi) is 5.60. The number of benzene rings is 2. The Hall–Kier alpha value is -2.73. The summed E-state index contributed by atoms with van der Waals surface area (Å²) in [6.07, 6.45) is 1.49. The zero-order valence-corrected chi connectivity index (χ0v) is 18.0. The monoisotopic (exact) mass is 460 g/mol. The van der Waals surface area contributed by atoms with Gasteiger partial charge < -0.3 is 9.73 Å². The molecule has 152 valence electrons. The van der Waals surface area contributed by atoms with Crippen LogP contribution in [0.1, 0.15) is 16.9 Å². The van der Waals surface area contributed by atoms with E-state index in [-0.39, 0.29) is 22.8 Å². The Morgan fingerprint density at radius 3 is 2.40 bits per heavy atom. The zero-order valence-electron chi connectivity index (χ0n) is 15.7. The van der Waals surface area contributed by atoms with Gasteiger partial charge in [-0.25, -0.2) is 0 Å². The summed E-state index contributed by atoms with van der Waals surface area (Å²) in [5.41, 5.74) is 2.15. The van der Waals surface area contributed by atoms with Crippen molar-refractivity contribution in [3.63, 3.8) is 0 Å². The molecule has 0 atom stereocenters. The van der Waals surface area contributed by atoms with Crippen LogP contribution >= 0.6 is 34.8 Å². The van der Waals surface area contributed by atoms with Crippen molar-refractivity contribution in [3.05, 3.63) is 92.4 Å². The van der Waals surface area contributed by atoms with Crippen LogP contribution in [0.4, 0.5) is 5.69 Å². The van der Waals surface area contributed by atoms with Crippen LogP contribution in [0.2, 0.25) is 15.1 Å². The number of nitrogens with one attached hydrogen (secondary N) is 1. The highest BCUT2D eigenvalue weighted by Gasteiger charge is 2.40. The molecule has 0 radical (unpaired) electrons. The average molecular weight is 462 g/mol. The largest absolute Gasteiger partial charge is 0.467 e. The second-order valence-corrected chi connectivity index (χ2v) is 8.01. The molecule has 3 aromatic rings. The van der Waals surface area contributed by atoms with Crippen LogP contribution in [0.3, 0.4) is 0 Å². The molecule has 2 aromatic carbocycles. The first-order valence-electron chi connectivity index (χ1n) is 8.96. The lowest BCUT2D eigenvalue weighted by atomic mass is 10.0. The highest BCUT2D eigenvalue weighted by atomic mass is 35.5. The van der Waals surface area contributed by atoms with Gasteiger partial charge in [0.15, 0.2) is 0 Å². The SMILES string of the molecule is Cc1ccc(Cl)cc1NC1=C(c2ccc(Cl)cc2Cl)C(=O)N(Cc2ccco2)C1=O. The molecule has 1 aliphatic heterocycles. The fraction of sp³-hybridized carbons (Fsp3) is 0.0909. The molecule has 0 saturated heterocycles. The van der Waals surface area contributed by atoms with E-state index in [9.17, 15) is 9.59 Å². The maximum Gasteiger partial charge on any atom is 0.278 e. The molecule has 2 heterocycles. The number of amides is 2. The summed E-state index contributed by atoms with van der Waals surface area (Å²) in [6.45, 7) is 1.87. The van der Waals surface area contributed by atoms with Gasteiger partial charge in [0.2, 0.25) is 0 Å². The van der Waals surface area contributed by atoms with Crippen LogP contribution in [-0.2, 0) is 16.1 Å².